The van der Waals surface area contributed by atoms with Crippen LogP contribution in [0.4, 0.5) is 5.82 Å². The third-order valence-corrected chi connectivity index (χ3v) is 6.06. The Labute approximate surface area is 158 Å². The second-order valence-corrected chi connectivity index (χ2v) is 8.37. The van der Waals surface area contributed by atoms with Gasteiger partial charge in [-0.3, -0.25) is 4.98 Å². The Hall–Kier alpha value is -2.58. The summed E-state index contributed by atoms with van der Waals surface area (Å²) in [4.78, 5) is 15.5. The lowest BCUT2D eigenvalue weighted by Gasteiger charge is -2.17. The van der Waals surface area contributed by atoms with Gasteiger partial charge in [0.15, 0.2) is 0 Å². The molecule has 1 fully saturated rings. The molecule has 27 heavy (non-hydrogen) atoms. The summed E-state index contributed by atoms with van der Waals surface area (Å²) in [5.41, 5.74) is 1.28. The van der Waals surface area contributed by atoms with Crippen LogP contribution in [-0.4, -0.2) is 36.5 Å². The van der Waals surface area contributed by atoms with Gasteiger partial charge >= 0.3 is 0 Å². The van der Waals surface area contributed by atoms with Crippen LogP contribution in [0, 0.1) is 6.92 Å². The van der Waals surface area contributed by atoms with E-state index in [1.165, 1.54) is 0 Å². The predicted molar refractivity (Wildman–Crippen MR) is 104 cm³/mol. The molecule has 1 aliphatic rings. The number of hydrogen-bond acceptors (Lipinski definition) is 6. The molecule has 0 saturated carbocycles. The lowest BCUT2D eigenvalue weighted by molar-refractivity contribution is 0.579. The minimum atomic E-state index is -3.74. The van der Waals surface area contributed by atoms with E-state index < -0.39 is 10.0 Å². The molecule has 0 amide bonds. The Balaban J connectivity index is 1.59. The predicted octanol–water partition coefficient (Wildman–Crippen LogP) is 2.41. The standard InChI is InChI=1S/C19H21N5O2S/c1-14-12-18(24-10-2-3-11-24)23-17(22-14)13-21-27(25,26)16-8-4-6-15-7-5-9-20-19(15)16/h4-9,12,21H,2-3,10-11,13H2,1H3. The van der Waals surface area contributed by atoms with E-state index in [0.717, 1.165) is 42.8 Å². The number of benzene rings is 1. The zero-order chi connectivity index (χ0) is 18.9. The lowest BCUT2D eigenvalue weighted by atomic mass is 10.2. The van der Waals surface area contributed by atoms with Gasteiger partial charge in [-0.15, -0.1) is 0 Å². The Kier molecular flexibility index (Phi) is 4.75. The van der Waals surface area contributed by atoms with Gasteiger partial charge in [-0.1, -0.05) is 18.2 Å². The molecule has 7 nitrogen and oxygen atoms in total. The van der Waals surface area contributed by atoms with Gasteiger partial charge in [0.1, 0.15) is 16.5 Å². The van der Waals surface area contributed by atoms with E-state index in [2.05, 4.69) is 24.6 Å². The molecule has 140 valence electrons. The average molecular weight is 383 g/mol. The van der Waals surface area contributed by atoms with Gasteiger partial charge in [-0.2, -0.15) is 0 Å². The highest BCUT2D eigenvalue weighted by Gasteiger charge is 2.19. The fourth-order valence-corrected chi connectivity index (χ4v) is 4.49. The molecule has 1 N–H and O–H groups in total. The Morgan fingerprint density at radius 3 is 2.70 bits per heavy atom. The van der Waals surface area contributed by atoms with Crippen molar-refractivity contribution in [2.24, 2.45) is 0 Å². The summed E-state index contributed by atoms with van der Waals surface area (Å²) in [7, 11) is -3.74. The number of fused-ring (bicyclic) bond motifs is 1. The molecule has 0 spiro atoms. The molecule has 0 unspecified atom stereocenters. The topological polar surface area (TPSA) is 88.1 Å². The van der Waals surface area contributed by atoms with Crippen LogP contribution in [-0.2, 0) is 16.6 Å². The van der Waals surface area contributed by atoms with Crippen LogP contribution in [0.15, 0.2) is 47.5 Å². The number of nitrogens with zero attached hydrogens (tertiary/aromatic N) is 4. The zero-order valence-corrected chi connectivity index (χ0v) is 15.9. The second-order valence-electron chi connectivity index (χ2n) is 6.63. The first kappa shape index (κ1) is 17.8. The largest absolute Gasteiger partial charge is 0.357 e. The number of pyridine rings is 1. The van der Waals surface area contributed by atoms with Gasteiger partial charge in [0.25, 0.3) is 0 Å². The fraction of sp³-hybridized carbons (Fsp3) is 0.316. The van der Waals surface area contributed by atoms with E-state index in [1.807, 2.05) is 25.1 Å². The van der Waals surface area contributed by atoms with Gasteiger partial charge in [-0.25, -0.2) is 23.1 Å². The van der Waals surface area contributed by atoms with Crippen LogP contribution >= 0.6 is 0 Å². The van der Waals surface area contributed by atoms with Crippen LogP contribution < -0.4 is 9.62 Å². The molecule has 0 aliphatic carbocycles. The normalized spacial score (nSPS) is 14.8. The molecule has 0 bridgehead atoms. The van der Waals surface area contributed by atoms with Crippen molar-refractivity contribution in [3.05, 3.63) is 54.1 Å². The Bertz CT molecular complexity index is 1070. The monoisotopic (exact) mass is 383 g/mol. The molecule has 1 aromatic carbocycles. The number of anilines is 1. The van der Waals surface area contributed by atoms with Crippen molar-refractivity contribution in [3.8, 4) is 0 Å². The summed E-state index contributed by atoms with van der Waals surface area (Å²) in [6.07, 6.45) is 3.89. The highest BCUT2D eigenvalue weighted by atomic mass is 32.2. The highest BCUT2D eigenvalue weighted by molar-refractivity contribution is 7.89. The highest BCUT2D eigenvalue weighted by Crippen LogP contribution is 2.21. The molecular weight excluding hydrogens is 362 g/mol. The van der Waals surface area contributed by atoms with Crippen LogP contribution in [0.25, 0.3) is 10.9 Å². The van der Waals surface area contributed by atoms with E-state index in [-0.39, 0.29) is 11.4 Å². The number of hydrogen-bond donors (Lipinski definition) is 1. The molecule has 4 rings (SSSR count). The fourth-order valence-electron chi connectivity index (χ4n) is 3.33. The average Bonchev–Trinajstić information content (AvgIpc) is 3.20. The molecule has 1 aliphatic heterocycles. The van der Waals surface area contributed by atoms with Gasteiger partial charge in [-0.05, 0) is 31.9 Å². The summed E-state index contributed by atoms with van der Waals surface area (Å²) < 4.78 is 28.3. The van der Waals surface area contributed by atoms with E-state index in [1.54, 1.807) is 24.4 Å². The quantitative estimate of drug-likeness (QED) is 0.728. The van der Waals surface area contributed by atoms with Crippen LogP contribution in [0.3, 0.4) is 0 Å². The molecule has 1 saturated heterocycles. The van der Waals surface area contributed by atoms with Gasteiger partial charge in [0.2, 0.25) is 10.0 Å². The van der Waals surface area contributed by atoms with Crippen LogP contribution in [0.5, 0.6) is 0 Å². The number of rotatable bonds is 5. The van der Waals surface area contributed by atoms with E-state index in [4.69, 9.17) is 0 Å². The molecule has 0 radical (unpaired) electrons. The summed E-state index contributed by atoms with van der Waals surface area (Å²) >= 11 is 0. The Morgan fingerprint density at radius 1 is 1.11 bits per heavy atom. The van der Waals surface area contributed by atoms with E-state index >= 15 is 0 Å². The minimum Gasteiger partial charge on any atom is -0.357 e. The van der Waals surface area contributed by atoms with Crippen molar-refractivity contribution < 1.29 is 8.42 Å². The molecule has 0 atom stereocenters. The number of aryl methyl sites for hydroxylation is 1. The van der Waals surface area contributed by atoms with Gasteiger partial charge in [0, 0.05) is 36.4 Å². The van der Waals surface area contributed by atoms with Crippen LogP contribution in [0.2, 0.25) is 0 Å². The molecular formula is C19H21N5O2S. The van der Waals surface area contributed by atoms with Crippen molar-refractivity contribution in [1.82, 2.24) is 19.7 Å². The van der Waals surface area contributed by atoms with Crippen molar-refractivity contribution >= 4 is 26.7 Å². The first-order chi connectivity index (χ1) is 13.0. The van der Waals surface area contributed by atoms with E-state index in [9.17, 15) is 8.42 Å². The van der Waals surface area contributed by atoms with Gasteiger partial charge < -0.3 is 4.90 Å². The van der Waals surface area contributed by atoms with Crippen LogP contribution in [0.1, 0.15) is 24.4 Å². The minimum absolute atomic E-state index is 0.0358. The smallest absolute Gasteiger partial charge is 0.243 e. The maximum absolute atomic E-state index is 12.8. The summed E-state index contributed by atoms with van der Waals surface area (Å²) in [6.45, 7) is 3.88. The molecule has 3 heterocycles. The van der Waals surface area contributed by atoms with Gasteiger partial charge in [0.05, 0.1) is 12.1 Å². The SMILES string of the molecule is Cc1cc(N2CCCC2)nc(CNS(=O)(=O)c2cccc3cccnc23)n1. The number of sulfonamides is 1. The summed E-state index contributed by atoms with van der Waals surface area (Å²) in [5, 5.41) is 0.781. The van der Waals surface area contributed by atoms with E-state index in [0.29, 0.717) is 11.3 Å². The van der Waals surface area contributed by atoms with Crippen molar-refractivity contribution in [2.75, 3.05) is 18.0 Å². The lowest BCUT2D eigenvalue weighted by Crippen LogP contribution is -2.26. The summed E-state index contributed by atoms with van der Waals surface area (Å²) in [5.74, 6) is 1.33. The number of para-hydroxylation sites is 1. The molecule has 3 aromatic rings. The maximum Gasteiger partial charge on any atom is 0.243 e. The Morgan fingerprint density at radius 2 is 1.89 bits per heavy atom. The third kappa shape index (κ3) is 3.77. The first-order valence-electron chi connectivity index (χ1n) is 8.96. The number of nitrogens with one attached hydrogen (secondary N) is 1. The zero-order valence-electron chi connectivity index (χ0n) is 15.1. The van der Waals surface area contributed by atoms with Crippen molar-refractivity contribution in [3.63, 3.8) is 0 Å². The molecule has 8 heteroatoms. The molecule has 2 aromatic heterocycles. The first-order valence-corrected chi connectivity index (χ1v) is 10.4. The van der Waals surface area contributed by atoms with Crippen molar-refractivity contribution in [1.29, 1.82) is 0 Å². The number of aromatic nitrogens is 3. The maximum atomic E-state index is 12.8. The third-order valence-electron chi connectivity index (χ3n) is 4.62. The van der Waals surface area contributed by atoms with Crippen molar-refractivity contribution in [2.45, 2.75) is 31.2 Å². The second kappa shape index (κ2) is 7.21. The summed E-state index contributed by atoms with van der Waals surface area (Å²) in [6, 6.07) is 10.7.